The lowest BCUT2D eigenvalue weighted by molar-refractivity contribution is -0.137. The third-order valence-electron chi connectivity index (χ3n) is 5.49. The molecular formula is C26H20F3N5O2. The second-order valence-corrected chi connectivity index (χ2v) is 8.03. The van der Waals surface area contributed by atoms with Crippen LogP contribution in [0.2, 0.25) is 0 Å². The minimum absolute atomic E-state index is 0.0445. The number of carbonyl (C=O) groups is 1. The Morgan fingerprint density at radius 3 is 2.53 bits per heavy atom. The van der Waals surface area contributed by atoms with Crippen molar-refractivity contribution in [2.24, 2.45) is 0 Å². The molecule has 0 saturated carbocycles. The number of benzene rings is 3. The third kappa shape index (κ3) is 5.22. The smallest absolute Gasteiger partial charge is 0.416 e. The van der Waals surface area contributed by atoms with Crippen LogP contribution >= 0.6 is 0 Å². The molecule has 0 aliphatic rings. The highest BCUT2D eigenvalue weighted by Gasteiger charge is 2.30. The Balaban J connectivity index is 1.20. The zero-order chi connectivity index (χ0) is 25.1. The number of ether oxygens (including phenoxy) is 1. The molecule has 5 aromatic rings. The van der Waals surface area contributed by atoms with Crippen molar-refractivity contribution in [3.63, 3.8) is 0 Å². The van der Waals surface area contributed by atoms with Gasteiger partial charge in [0.1, 0.15) is 5.75 Å². The molecule has 5 rings (SSSR count). The zero-order valence-electron chi connectivity index (χ0n) is 18.8. The van der Waals surface area contributed by atoms with Gasteiger partial charge in [-0.05, 0) is 40.6 Å². The fraction of sp³-hybridized carbons (Fsp3) is 0.115. The van der Waals surface area contributed by atoms with Crippen molar-refractivity contribution in [2.75, 3.05) is 5.32 Å². The molecule has 0 aliphatic heterocycles. The molecular weight excluding hydrogens is 471 g/mol. The Hall–Kier alpha value is -4.60. The molecule has 10 heteroatoms. The van der Waals surface area contributed by atoms with Crippen LogP contribution in [0.4, 0.5) is 19.0 Å². The maximum absolute atomic E-state index is 12.9. The predicted octanol–water partition coefficient (Wildman–Crippen LogP) is 5.59. The number of rotatable bonds is 7. The molecule has 1 N–H and O–H groups in total. The van der Waals surface area contributed by atoms with Crippen LogP contribution in [0.15, 0.2) is 91.3 Å². The van der Waals surface area contributed by atoms with Gasteiger partial charge in [-0.3, -0.25) is 9.48 Å². The van der Waals surface area contributed by atoms with Crippen LogP contribution in [0.5, 0.6) is 5.75 Å². The van der Waals surface area contributed by atoms with Crippen molar-refractivity contribution >= 4 is 22.5 Å². The summed E-state index contributed by atoms with van der Waals surface area (Å²) >= 11 is 0. The van der Waals surface area contributed by atoms with Crippen LogP contribution in [-0.4, -0.2) is 25.5 Å². The highest BCUT2D eigenvalue weighted by atomic mass is 19.4. The van der Waals surface area contributed by atoms with Gasteiger partial charge < -0.3 is 10.1 Å². The summed E-state index contributed by atoms with van der Waals surface area (Å²) in [6.07, 6.45) is -1.18. The second kappa shape index (κ2) is 9.57. The summed E-state index contributed by atoms with van der Waals surface area (Å²) in [5.74, 6) is -0.0544. The second-order valence-electron chi connectivity index (χ2n) is 8.03. The number of halogens is 3. The average molecular weight is 491 g/mol. The zero-order valence-corrected chi connectivity index (χ0v) is 18.8. The summed E-state index contributed by atoms with van der Waals surface area (Å²) in [6.45, 7) is 0.382. The highest BCUT2D eigenvalue weighted by molar-refractivity contribution is 6.02. The summed E-state index contributed by atoms with van der Waals surface area (Å²) in [5.41, 5.74) is 0.417. The first-order chi connectivity index (χ1) is 17.3. The van der Waals surface area contributed by atoms with E-state index in [2.05, 4.69) is 33.7 Å². The minimum Gasteiger partial charge on any atom is -0.471 e. The standard InChI is InChI=1S/C26H20F3N5O2/c27-26(28,29)20-8-4-9-21(15-20)36-17-34-13-11-23(31-34)25(35)30-24-12-14-33(32-24)16-19-7-3-6-18-5-1-2-10-22(18)19/h1-15H,16-17H2,(H,30,32,35). The molecule has 2 heterocycles. The van der Waals surface area contributed by atoms with Crippen molar-refractivity contribution < 1.29 is 22.7 Å². The van der Waals surface area contributed by atoms with Crippen molar-refractivity contribution in [1.82, 2.24) is 19.6 Å². The number of anilines is 1. The van der Waals surface area contributed by atoms with Gasteiger partial charge in [-0.2, -0.15) is 23.4 Å². The largest absolute Gasteiger partial charge is 0.471 e. The van der Waals surface area contributed by atoms with E-state index < -0.39 is 17.6 Å². The number of hydrogen-bond donors (Lipinski definition) is 1. The number of nitrogens with one attached hydrogen (secondary N) is 1. The number of fused-ring (bicyclic) bond motifs is 1. The van der Waals surface area contributed by atoms with Crippen molar-refractivity contribution in [2.45, 2.75) is 19.5 Å². The van der Waals surface area contributed by atoms with Crippen LogP contribution in [0.3, 0.4) is 0 Å². The normalized spacial score (nSPS) is 11.5. The fourth-order valence-electron chi connectivity index (χ4n) is 3.76. The quantitative estimate of drug-likeness (QED) is 0.322. The molecule has 0 unspecified atom stereocenters. The Kier molecular flexibility index (Phi) is 6.16. The first-order valence-electron chi connectivity index (χ1n) is 11.0. The molecule has 7 nitrogen and oxygen atoms in total. The molecule has 0 atom stereocenters. The minimum atomic E-state index is -4.46. The van der Waals surface area contributed by atoms with E-state index in [0.717, 1.165) is 28.5 Å². The highest BCUT2D eigenvalue weighted by Crippen LogP contribution is 2.31. The van der Waals surface area contributed by atoms with Crippen molar-refractivity contribution in [1.29, 1.82) is 0 Å². The Morgan fingerprint density at radius 2 is 1.67 bits per heavy atom. The lowest BCUT2D eigenvalue weighted by atomic mass is 10.0. The number of amides is 1. The van der Waals surface area contributed by atoms with Crippen molar-refractivity contribution in [3.8, 4) is 5.75 Å². The molecule has 0 fully saturated rings. The van der Waals surface area contributed by atoms with E-state index in [9.17, 15) is 18.0 Å². The molecule has 3 aromatic carbocycles. The van der Waals surface area contributed by atoms with Gasteiger partial charge >= 0.3 is 6.18 Å². The summed E-state index contributed by atoms with van der Waals surface area (Å²) in [6, 6.07) is 21.9. The van der Waals surface area contributed by atoms with E-state index in [1.807, 2.05) is 24.3 Å². The number of alkyl halides is 3. The van der Waals surface area contributed by atoms with Gasteiger partial charge in [0, 0.05) is 18.5 Å². The van der Waals surface area contributed by atoms with Gasteiger partial charge in [-0.25, -0.2) is 4.68 Å². The number of carbonyl (C=O) groups excluding carboxylic acids is 1. The number of aromatic nitrogens is 4. The van der Waals surface area contributed by atoms with E-state index in [4.69, 9.17) is 4.74 Å². The van der Waals surface area contributed by atoms with Gasteiger partial charge in [0.2, 0.25) is 0 Å². The van der Waals surface area contributed by atoms with Crippen LogP contribution in [0, 0.1) is 0 Å². The van der Waals surface area contributed by atoms with E-state index in [0.29, 0.717) is 12.4 Å². The monoisotopic (exact) mass is 491 g/mol. The molecule has 1 amide bonds. The van der Waals surface area contributed by atoms with Gasteiger partial charge in [-0.1, -0.05) is 48.5 Å². The first kappa shape index (κ1) is 23.2. The third-order valence-corrected chi connectivity index (χ3v) is 5.49. The van der Waals surface area contributed by atoms with Gasteiger partial charge in [0.15, 0.2) is 18.2 Å². The maximum Gasteiger partial charge on any atom is 0.416 e. The van der Waals surface area contributed by atoms with E-state index in [1.165, 1.54) is 29.1 Å². The number of nitrogens with zero attached hydrogens (tertiary/aromatic N) is 4. The molecule has 182 valence electrons. The topological polar surface area (TPSA) is 74.0 Å². The Labute approximate surface area is 203 Å². The molecule has 0 spiro atoms. The Bertz CT molecular complexity index is 1520. The van der Waals surface area contributed by atoms with Crippen molar-refractivity contribution in [3.05, 3.63) is 108 Å². The van der Waals surface area contributed by atoms with Gasteiger partial charge in [-0.15, -0.1) is 0 Å². The summed E-state index contributed by atoms with van der Waals surface area (Å²) in [4.78, 5) is 12.6. The van der Waals surface area contributed by atoms with Gasteiger partial charge in [0.05, 0.1) is 12.1 Å². The summed E-state index contributed by atoms with van der Waals surface area (Å²) in [5, 5.41) is 13.5. The fourth-order valence-corrected chi connectivity index (χ4v) is 3.76. The van der Waals surface area contributed by atoms with Crippen LogP contribution in [-0.2, 0) is 19.5 Å². The van der Waals surface area contributed by atoms with E-state index >= 15 is 0 Å². The molecule has 0 radical (unpaired) electrons. The maximum atomic E-state index is 12.9. The SMILES string of the molecule is O=C(Nc1ccn(Cc2cccc3ccccc23)n1)c1ccn(COc2cccc(C(F)(F)F)c2)n1. The molecule has 0 aliphatic carbocycles. The molecule has 36 heavy (non-hydrogen) atoms. The predicted molar refractivity (Wildman–Crippen MR) is 128 cm³/mol. The molecule has 2 aromatic heterocycles. The van der Waals surface area contributed by atoms with Crippen LogP contribution in [0.25, 0.3) is 10.8 Å². The lowest BCUT2D eigenvalue weighted by Gasteiger charge is -2.10. The van der Waals surface area contributed by atoms with Crippen LogP contribution in [0.1, 0.15) is 21.6 Å². The summed E-state index contributed by atoms with van der Waals surface area (Å²) < 4.78 is 47.0. The first-order valence-corrected chi connectivity index (χ1v) is 11.0. The lowest BCUT2D eigenvalue weighted by Crippen LogP contribution is -2.15. The average Bonchev–Trinajstić information content (AvgIpc) is 3.52. The van der Waals surface area contributed by atoms with E-state index in [-0.39, 0.29) is 18.2 Å². The molecule has 0 bridgehead atoms. The van der Waals surface area contributed by atoms with Gasteiger partial charge in [0.25, 0.3) is 5.91 Å². The number of hydrogen-bond acceptors (Lipinski definition) is 4. The van der Waals surface area contributed by atoms with E-state index in [1.54, 1.807) is 16.9 Å². The summed E-state index contributed by atoms with van der Waals surface area (Å²) in [7, 11) is 0. The Morgan fingerprint density at radius 1 is 0.889 bits per heavy atom. The molecule has 0 saturated heterocycles. The van der Waals surface area contributed by atoms with Crippen LogP contribution < -0.4 is 10.1 Å².